The third-order valence-electron chi connectivity index (χ3n) is 4.80. The van der Waals surface area contributed by atoms with E-state index in [4.69, 9.17) is 9.26 Å². The number of hydrogen-bond donors (Lipinski definition) is 1. The fraction of sp³-hybridized carbons (Fsp3) is 0.0870. The number of methoxy groups -OCH3 is 1. The molecule has 0 aliphatic heterocycles. The minimum Gasteiger partial charge on any atom is -0.496 e. The van der Waals surface area contributed by atoms with Crippen LogP contribution in [0.5, 0.6) is 5.75 Å². The molecular weight excluding hydrogens is 480 g/mol. The van der Waals surface area contributed by atoms with Crippen molar-refractivity contribution in [1.82, 2.24) is 5.16 Å². The Balaban J connectivity index is 1.62. The number of halogens is 1. The molecule has 1 N–H and O–H groups in total. The zero-order chi connectivity index (χ0) is 22.0. The number of hydrogen-bond acceptors (Lipinski definition) is 5. The van der Waals surface area contributed by atoms with Crippen LogP contribution in [0.3, 0.4) is 0 Å². The van der Waals surface area contributed by atoms with Crippen molar-refractivity contribution in [1.29, 1.82) is 0 Å². The number of aryl methyl sites for hydroxylation is 1. The van der Waals surface area contributed by atoms with Crippen molar-refractivity contribution in [2.24, 2.45) is 0 Å². The Morgan fingerprint density at radius 2 is 1.65 bits per heavy atom. The van der Waals surface area contributed by atoms with E-state index in [0.29, 0.717) is 10.2 Å². The van der Waals surface area contributed by atoms with Crippen LogP contribution in [0.25, 0.3) is 22.3 Å². The van der Waals surface area contributed by atoms with Crippen molar-refractivity contribution in [3.63, 3.8) is 0 Å². The highest BCUT2D eigenvalue weighted by atomic mass is 79.9. The first-order valence-electron chi connectivity index (χ1n) is 9.37. The smallest absolute Gasteiger partial charge is 0.264 e. The van der Waals surface area contributed by atoms with Gasteiger partial charge in [-0.3, -0.25) is 0 Å². The Bertz CT molecular complexity index is 1330. The van der Waals surface area contributed by atoms with Crippen LogP contribution < -0.4 is 9.46 Å². The van der Waals surface area contributed by atoms with Gasteiger partial charge in [0.1, 0.15) is 10.2 Å². The molecule has 0 amide bonds. The number of benzene rings is 3. The molecule has 6 nitrogen and oxygen atoms in total. The van der Waals surface area contributed by atoms with Gasteiger partial charge in [-0.05, 0) is 63.8 Å². The molecule has 0 aliphatic carbocycles. The Hall–Kier alpha value is -3.10. The molecule has 0 unspecified atom stereocenters. The van der Waals surface area contributed by atoms with Gasteiger partial charge in [-0.15, -0.1) is 0 Å². The third-order valence-corrected chi connectivity index (χ3v) is 7.08. The van der Waals surface area contributed by atoms with Gasteiger partial charge in [0, 0.05) is 5.56 Å². The van der Waals surface area contributed by atoms with Crippen LogP contribution in [0.1, 0.15) is 5.69 Å². The van der Waals surface area contributed by atoms with E-state index < -0.39 is 10.0 Å². The van der Waals surface area contributed by atoms with Crippen LogP contribution in [-0.4, -0.2) is 20.7 Å². The second-order valence-electron chi connectivity index (χ2n) is 6.82. The maximum atomic E-state index is 12.7. The summed E-state index contributed by atoms with van der Waals surface area (Å²) in [6, 6.07) is 22.5. The molecule has 0 bridgehead atoms. The molecule has 0 saturated carbocycles. The van der Waals surface area contributed by atoms with E-state index in [0.717, 1.165) is 28.0 Å². The molecule has 0 atom stereocenters. The fourth-order valence-corrected chi connectivity index (χ4v) is 4.55. The molecule has 158 valence electrons. The molecule has 1 heterocycles. The standard InChI is InChI=1S/C23H19BrN2O4S/c1-15-22(24)23(30-25-15)26-31(27,28)19-12-10-16(11-13-19)17-6-5-7-18(14-17)20-8-3-4-9-21(20)29-2/h3-14,26H,1-2H3. The average molecular weight is 499 g/mol. The van der Waals surface area contributed by atoms with Gasteiger partial charge in [-0.2, -0.15) is 0 Å². The maximum absolute atomic E-state index is 12.7. The topological polar surface area (TPSA) is 81.4 Å². The van der Waals surface area contributed by atoms with Crippen molar-refractivity contribution >= 4 is 31.8 Å². The highest BCUT2D eigenvalue weighted by molar-refractivity contribution is 9.10. The quantitative estimate of drug-likeness (QED) is 0.358. The van der Waals surface area contributed by atoms with Gasteiger partial charge < -0.3 is 9.26 Å². The Labute approximate surface area is 189 Å². The number of nitrogens with zero attached hydrogens (tertiary/aromatic N) is 1. The van der Waals surface area contributed by atoms with Crippen LogP contribution in [0.4, 0.5) is 5.88 Å². The second kappa shape index (κ2) is 8.56. The van der Waals surface area contributed by atoms with Gasteiger partial charge in [0.15, 0.2) is 0 Å². The zero-order valence-electron chi connectivity index (χ0n) is 16.8. The predicted octanol–water partition coefficient (Wildman–Crippen LogP) is 5.89. The third kappa shape index (κ3) is 4.35. The monoisotopic (exact) mass is 498 g/mol. The first kappa shape index (κ1) is 21.1. The Morgan fingerprint density at radius 1 is 0.935 bits per heavy atom. The van der Waals surface area contributed by atoms with E-state index >= 15 is 0 Å². The highest BCUT2D eigenvalue weighted by Crippen LogP contribution is 2.33. The number of para-hydroxylation sites is 1. The summed E-state index contributed by atoms with van der Waals surface area (Å²) in [5.41, 5.74) is 4.42. The minimum absolute atomic E-state index is 0.0473. The van der Waals surface area contributed by atoms with Crippen LogP contribution >= 0.6 is 15.9 Å². The van der Waals surface area contributed by atoms with E-state index in [1.54, 1.807) is 38.3 Å². The molecule has 0 aliphatic rings. The lowest BCUT2D eigenvalue weighted by Crippen LogP contribution is -2.12. The summed E-state index contributed by atoms with van der Waals surface area (Å²) in [4.78, 5) is 0.123. The van der Waals surface area contributed by atoms with Gasteiger partial charge in [-0.1, -0.05) is 53.7 Å². The summed E-state index contributed by atoms with van der Waals surface area (Å²) in [6.45, 7) is 1.71. The largest absolute Gasteiger partial charge is 0.496 e. The number of anilines is 1. The van der Waals surface area contributed by atoms with Crippen molar-refractivity contribution in [2.45, 2.75) is 11.8 Å². The Morgan fingerprint density at radius 3 is 2.32 bits per heavy atom. The second-order valence-corrected chi connectivity index (χ2v) is 9.30. The molecule has 31 heavy (non-hydrogen) atoms. The molecule has 0 saturated heterocycles. The maximum Gasteiger partial charge on any atom is 0.264 e. The molecule has 8 heteroatoms. The Kier molecular flexibility index (Phi) is 5.84. The number of rotatable bonds is 6. The van der Waals surface area contributed by atoms with E-state index in [9.17, 15) is 8.42 Å². The summed E-state index contributed by atoms with van der Waals surface area (Å²) in [7, 11) is -2.16. The minimum atomic E-state index is -3.81. The van der Waals surface area contributed by atoms with Gasteiger partial charge >= 0.3 is 0 Å². The lowest BCUT2D eigenvalue weighted by atomic mass is 9.98. The van der Waals surface area contributed by atoms with E-state index in [1.165, 1.54) is 0 Å². The average Bonchev–Trinajstić information content (AvgIpc) is 3.11. The number of ether oxygens (including phenoxy) is 1. The lowest BCUT2D eigenvalue weighted by Gasteiger charge is -2.11. The molecular formula is C23H19BrN2O4S. The van der Waals surface area contributed by atoms with Gasteiger partial charge in [0.05, 0.1) is 17.7 Å². The van der Waals surface area contributed by atoms with Crippen LogP contribution in [0.15, 0.2) is 86.7 Å². The summed E-state index contributed by atoms with van der Waals surface area (Å²) in [5, 5.41) is 3.74. The van der Waals surface area contributed by atoms with Crippen molar-refractivity contribution in [3.8, 4) is 28.0 Å². The molecule has 4 aromatic rings. The normalized spacial score (nSPS) is 11.3. The van der Waals surface area contributed by atoms with Gasteiger partial charge in [0.25, 0.3) is 15.9 Å². The summed E-state index contributed by atoms with van der Waals surface area (Å²) >= 11 is 3.26. The number of aromatic nitrogens is 1. The number of nitrogens with one attached hydrogen (secondary N) is 1. The van der Waals surface area contributed by atoms with Crippen molar-refractivity contribution < 1.29 is 17.7 Å². The first-order valence-corrected chi connectivity index (χ1v) is 11.6. The highest BCUT2D eigenvalue weighted by Gasteiger charge is 2.20. The molecule has 0 spiro atoms. The molecule has 4 rings (SSSR count). The zero-order valence-corrected chi connectivity index (χ0v) is 19.2. The molecule has 0 radical (unpaired) electrons. The van der Waals surface area contributed by atoms with Crippen LogP contribution in [0, 0.1) is 6.92 Å². The van der Waals surface area contributed by atoms with E-state index in [2.05, 4.69) is 25.8 Å². The fourth-order valence-electron chi connectivity index (χ4n) is 3.18. The number of sulfonamides is 1. The molecule has 3 aromatic carbocycles. The van der Waals surface area contributed by atoms with Crippen molar-refractivity contribution in [3.05, 3.63) is 83.0 Å². The lowest BCUT2D eigenvalue weighted by molar-refractivity contribution is 0.416. The van der Waals surface area contributed by atoms with Crippen molar-refractivity contribution in [2.75, 3.05) is 11.8 Å². The van der Waals surface area contributed by atoms with Crippen LogP contribution in [0.2, 0.25) is 0 Å². The SMILES string of the molecule is COc1ccccc1-c1cccc(-c2ccc(S(=O)(=O)Nc3onc(C)c3Br)cc2)c1. The van der Waals surface area contributed by atoms with E-state index in [1.807, 2.05) is 48.5 Å². The van der Waals surface area contributed by atoms with Gasteiger partial charge in [-0.25, -0.2) is 13.1 Å². The summed E-state index contributed by atoms with van der Waals surface area (Å²) in [6.07, 6.45) is 0. The summed E-state index contributed by atoms with van der Waals surface area (Å²) < 4.78 is 38.7. The molecule has 1 aromatic heterocycles. The van der Waals surface area contributed by atoms with E-state index in [-0.39, 0.29) is 10.8 Å². The van der Waals surface area contributed by atoms with Crippen LogP contribution in [-0.2, 0) is 10.0 Å². The molecule has 0 fully saturated rings. The predicted molar refractivity (Wildman–Crippen MR) is 124 cm³/mol. The first-order chi connectivity index (χ1) is 14.9. The van der Waals surface area contributed by atoms with Gasteiger partial charge in [0.2, 0.25) is 0 Å². The summed E-state index contributed by atoms with van der Waals surface area (Å²) in [5.74, 6) is 0.840.